The molecule has 0 aromatic heterocycles. The van der Waals surface area contributed by atoms with E-state index in [9.17, 15) is 4.79 Å². The summed E-state index contributed by atoms with van der Waals surface area (Å²) in [6.07, 6.45) is 0. The van der Waals surface area contributed by atoms with Crippen molar-refractivity contribution in [2.24, 2.45) is 0 Å². The molecule has 0 aliphatic carbocycles. The van der Waals surface area contributed by atoms with E-state index in [1.807, 2.05) is 0 Å². The van der Waals surface area contributed by atoms with Crippen LogP contribution in [0.25, 0.3) is 5.32 Å². The van der Waals surface area contributed by atoms with Crippen molar-refractivity contribution in [3.05, 3.63) is 5.32 Å². The van der Waals surface area contributed by atoms with Crippen LogP contribution < -0.4 is 0 Å². The van der Waals surface area contributed by atoms with Crippen LogP contribution in [0.5, 0.6) is 0 Å². The summed E-state index contributed by atoms with van der Waals surface area (Å²) in [6.45, 7) is 0.472. The van der Waals surface area contributed by atoms with Gasteiger partial charge in [-0.25, -0.2) is 0 Å². The Morgan fingerprint density at radius 1 is 1.00 bits per heavy atom. The average molecular weight is 975 g/mol. The zero-order chi connectivity index (χ0) is 2.99. The van der Waals surface area contributed by atoms with E-state index in [-0.39, 0.29) is 111 Å². The molecule has 0 radical (unpaired) electrons. The molecule has 52 valence electrons. The molecular weight excluding hydrogens is 973 g/mol. The molecule has 0 unspecified atom stereocenters. The molecule has 1 saturated heterocycles. The molecule has 0 spiro atoms. The van der Waals surface area contributed by atoms with Gasteiger partial charge in [-0.3, -0.25) is 0 Å². The fraction of sp³-hybridized carbons (Fsp3) is 0.500. The molecule has 1 heterocycles. The first-order valence-corrected chi connectivity index (χ1v) is 1.10. The van der Waals surface area contributed by atoms with Crippen molar-refractivity contribution in [3.8, 4) is 0 Å². The minimum atomic E-state index is 0. The van der Waals surface area contributed by atoms with Crippen molar-refractivity contribution in [1.29, 1.82) is 0 Å². The Hall–Kier alpha value is 2.91. The molecule has 9 heavy (non-hydrogen) atoms. The van der Waals surface area contributed by atoms with Gasteiger partial charge < -0.3 is 10.1 Å². The zero-order valence-electron chi connectivity index (χ0n) is 4.10. The second-order valence-corrected chi connectivity index (χ2v) is 0.710. The molecular formula is C2H2NOW5-. The van der Waals surface area contributed by atoms with Gasteiger partial charge in [-0.05, 0) is 0 Å². The standard InChI is InChI=1S/C2H3NO.5W/c4-2-1-3-2;;;;;/h1H2,(H,3,4);;;;;/p-1. The summed E-state index contributed by atoms with van der Waals surface area (Å²) in [5.41, 5.74) is 0. The SMILES string of the molecule is O=C1C[N-]1.[W].[W].[W].[W].[W]. The molecule has 0 N–H and O–H groups in total. The molecule has 0 saturated carbocycles. The van der Waals surface area contributed by atoms with Gasteiger partial charge in [0.25, 0.3) is 0 Å². The van der Waals surface area contributed by atoms with Gasteiger partial charge in [-0.1, -0.05) is 6.54 Å². The van der Waals surface area contributed by atoms with Gasteiger partial charge >= 0.3 is 0 Å². The summed E-state index contributed by atoms with van der Waals surface area (Å²) in [5.74, 6) is 0.0417. The third kappa shape index (κ3) is 24.8. The number of hydrogen-bond donors (Lipinski definition) is 0. The van der Waals surface area contributed by atoms with E-state index < -0.39 is 0 Å². The van der Waals surface area contributed by atoms with Gasteiger partial charge in [0.05, 0.1) is 0 Å². The van der Waals surface area contributed by atoms with Crippen LogP contribution >= 0.6 is 0 Å². The van der Waals surface area contributed by atoms with Crippen LogP contribution in [0.15, 0.2) is 0 Å². The predicted octanol–water partition coefficient (Wildman–Crippen LogP) is -0.112. The minimum absolute atomic E-state index is 0. The Morgan fingerprint density at radius 3 is 1.11 bits per heavy atom. The maximum absolute atomic E-state index is 9.39. The van der Waals surface area contributed by atoms with Crippen LogP contribution in [-0.4, -0.2) is 12.5 Å². The second-order valence-electron chi connectivity index (χ2n) is 0.710. The summed E-state index contributed by atoms with van der Waals surface area (Å²) >= 11 is 0. The smallest absolute Gasteiger partial charge is 0.0336 e. The van der Waals surface area contributed by atoms with Crippen molar-refractivity contribution in [3.63, 3.8) is 0 Å². The Labute approximate surface area is 126 Å². The van der Waals surface area contributed by atoms with E-state index >= 15 is 0 Å². The molecule has 0 atom stereocenters. The van der Waals surface area contributed by atoms with Crippen molar-refractivity contribution < 1.29 is 110 Å². The van der Waals surface area contributed by atoms with Gasteiger partial charge in [-0.15, -0.1) is 0 Å². The predicted molar refractivity (Wildman–Crippen MR) is 13.2 cm³/mol. The molecule has 0 bridgehead atoms. The second kappa shape index (κ2) is 17.1. The van der Waals surface area contributed by atoms with Gasteiger partial charge in [0, 0.05) is 111 Å². The van der Waals surface area contributed by atoms with Crippen LogP contribution in [0, 0.1) is 0 Å². The van der Waals surface area contributed by atoms with Crippen LogP contribution in [0.2, 0.25) is 0 Å². The molecule has 0 aromatic carbocycles. The summed E-state index contributed by atoms with van der Waals surface area (Å²) in [5, 5.41) is 3.26. The Balaban J connectivity index is -0.0000000107. The summed E-state index contributed by atoms with van der Waals surface area (Å²) < 4.78 is 0. The Kier molecular flexibility index (Phi) is 56.5. The summed E-state index contributed by atoms with van der Waals surface area (Å²) in [4.78, 5) is 9.39. The number of hydrogen-bond acceptors (Lipinski definition) is 1. The fourth-order valence-corrected chi connectivity index (χ4v) is 0.0323. The maximum atomic E-state index is 9.39. The topological polar surface area (TPSA) is 31.2 Å². The molecule has 1 rings (SSSR count). The van der Waals surface area contributed by atoms with Crippen LogP contribution in [-0.2, 0) is 110 Å². The summed E-state index contributed by atoms with van der Waals surface area (Å²) in [7, 11) is 0. The minimum Gasteiger partial charge on any atom is -0.650 e. The van der Waals surface area contributed by atoms with E-state index in [1.54, 1.807) is 0 Å². The average Bonchev–Trinajstić information content (AvgIpc) is 1.75. The zero-order valence-corrected chi connectivity index (χ0v) is 18.8. The third-order valence-electron chi connectivity index (χ3n) is 0.287. The molecule has 7 heteroatoms. The van der Waals surface area contributed by atoms with Gasteiger partial charge in [-0.2, -0.15) is 0 Å². The van der Waals surface area contributed by atoms with Crippen LogP contribution in [0.4, 0.5) is 0 Å². The number of nitrogens with zero attached hydrogens (tertiary/aromatic N) is 1. The van der Waals surface area contributed by atoms with Gasteiger partial charge in [0.15, 0.2) is 0 Å². The van der Waals surface area contributed by atoms with Crippen molar-refractivity contribution in [1.82, 2.24) is 0 Å². The molecule has 1 aliphatic rings. The first-order chi connectivity index (χ1) is 1.89. The first kappa shape index (κ1) is 29.7. The van der Waals surface area contributed by atoms with E-state index in [2.05, 4.69) is 5.32 Å². The van der Waals surface area contributed by atoms with Gasteiger partial charge in [0.2, 0.25) is 0 Å². The molecule has 1 fully saturated rings. The quantitative estimate of drug-likeness (QED) is 0.313. The van der Waals surface area contributed by atoms with E-state index in [0.717, 1.165) is 0 Å². The van der Waals surface area contributed by atoms with Crippen LogP contribution in [0.3, 0.4) is 0 Å². The number of rotatable bonds is 0. The third-order valence-corrected chi connectivity index (χ3v) is 0.287. The molecule has 1 amide bonds. The molecule has 1 aliphatic heterocycles. The molecule has 0 aromatic rings. The Morgan fingerprint density at radius 2 is 1.11 bits per heavy atom. The van der Waals surface area contributed by atoms with E-state index in [1.165, 1.54) is 0 Å². The molecule has 2 nitrogen and oxygen atoms in total. The number of carbonyl (C=O) groups excluding carboxylic acids is 1. The van der Waals surface area contributed by atoms with Gasteiger partial charge in [0.1, 0.15) is 0 Å². The fourth-order valence-electron chi connectivity index (χ4n) is 0.0323. The van der Waals surface area contributed by atoms with E-state index in [0.29, 0.717) is 6.54 Å². The van der Waals surface area contributed by atoms with Crippen molar-refractivity contribution in [2.45, 2.75) is 0 Å². The number of amides is 1. The van der Waals surface area contributed by atoms with Crippen LogP contribution in [0.1, 0.15) is 0 Å². The largest absolute Gasteiger partial charge is 0.650 e. The number of carbonyl (C=O) groups is 1. The van der Waals surface area contributed by atoms with Crippen molar-refractivity contribution in [2.75, 3.05) is 6.54 Å². The Bertz CT molecular complexity index is 52.9. The monoisotopic (exact) mass is 976 g/mol. The normalized spacial score (nSPS) is 8.67. The summed E-state index contributed by atoms with van der Waals surface area (Å²) in [6, 6.07) is 0. The first-order valence-electron chi connectivity index (χ1n) is 1.10. The maximum Gasteiger partial charge on any atom is 0.0336 e. The van der Waals surface area contributed by atoms with E-state index in [4.69, 9.17) is 0 Å². The van der Waals surface area contributed by atoms with Crippen molar-refractivity contribution >= 4 is 5.91 Å².